The summed E-state index contributed by atoms with van der Waals surface area (Å²) >= 11 is 1.42. The monoisotopic (exact) mass is 312 g/mol. The molecule has 20 heavy (non-hydrogen) atoms. The van der Waals surface area contributed by atoms with Crippen LogP contribution in [0.5, 0.6) is 0 Å². The lowest BCUT2D eigenvalue weighted by Gasteiger charge is -2.03. The Hall–Kier alpha value is -1.80. The Kier molecular flexibility index (Phi) is 4.15. The van der Waals surface area contributed by atoms with Crippen molar-refractivity contribution in [3.63, 3.8) is 0 Å². The van der Waals surface area contributed by atoms with Crippen LogP contribution >= 0.6 is 11.8 Å². The molecule has 2 N–H and O–H groups in total. The highest BCUT2D eigenvalue weighted by atomic mass is 32.2. The van der Waals surface area contributed by atoms with Gasteiger partial charge in [-0.15, -0.1) is 11.8 Å². The fourth-order valence-electron chi connectivity index (χ4n) is 1.48. The Morgan fingerprint density at radius 1 is 1.10 bits per heavy atom. The number of aromatic nitrogens is 2. The number of aromatic amines is 2. The first-order chi connectivity index (χ1) is 9.36. The van der Waals surface area contributed by atoms with Gasteiger partial charge in [-0.25, -0.2) is 8.42 Å². The number of nitrogens with one attached hydrogen (secondary N) is 2. The zero-order chi connectivity index (χ0) is 14.8. The van der Waals surface area contributed by atoms with Gasteiger partial charge >= 0.3 is 11.1 Å². The number of sulfone groups is 1. The van der Waals surface area contributed by atoms with Crippen molar-refractivity contribution in [2.45, 2.75) is 15.5 Å². The van der Waals surface area contributed by atoms with E-state index in [0.717, 1.165) is 11.2 Å². The number of H-pyrrole nitrogens is 2. The highest BCUT2D eigenvalue weighted by Crippen LogP contribution is 2.22. The maximum atomic E-state index is 11.3. The molecule has 2 rings (SSSR count). The van der Waals surface area contributed by atoms with Gasteiger partial charge in [-0.05, 0) is 24.3 Å². The quantitative estimate of drug-likeness (QED) is 0.641. The number of hydrogen-bond donors (Lipinski definition) is 2. The van der Waals surface area contributed by atoms with E-state index in [-0.39, 0.29) is 4.90 Å². The van der Waals surface area contributed by atoms with E-state index in [4.69, 9.17) is 0 Å². The molecule has 106 valence electrons. The van der Waals surface area contributed by atoms with Crippen molar-refractivity contribution in [2.75, 3.05) is 6.26 Å². The second-order valence-corrected chi connectivity index (χ2v) is 7.19. The molecule has 0 saturated carbocycles. The van der Waals surface area contributed by atoms with Crippen LogP contribution in [-0.2, 0) is 15.6 Å². The average Bonchev–Trinajstić information content (AvgIpc) is 2.40. The van der Waals surface area contributed by atoms with Gasteiger partial charge in [-0.2, -0.15) is 0 Å². The summed E-state index contributed by atoms with van der Waals surface area (Å²) in [6, 6.07) is 6.47. The third-order valence-electron chi connectivity index (χ3n) is 2.50. The number of rotatable bonds is 4. The van der Waals surface area contributed by atoms with Crippen molar-refractivity contribution >= 4 is 21.6 Å². The molecule has 2 aromatic rings. The van der Waals surface area contributed by atoms with Crippen molar-refractivity contribution in [3.8, 4) is 0 Å². The molecule has 0 atom stereocenters. The first-order valence-electron chi connectivity index (χ1n) is 5.60. The summed E-state index contributed by atoms with van der Waals surface area (Å²) in [5.74, 6) is 0.463. The van der Waals surface area contributed by atoms with Gasteiger partial charge in [0.05, 0.1) is 4.90 Å². The fraction of sp³-hybridized carbons (Fsp3) is 0.167. The summed E-state index contributed by atoms with van der Waals surface area (Å²) in [6.45, 7) is 0. The van der Waals surface area contributed by atoms with Crippen LogP contribution in [0.25, 0.3) is 0 Å². The summed E-state index contributed by atoms with van der Waals surface area (Å²) in [5, 5.41) is 0. The normalized spacial score (nSPS) is 11.4. The van der Waals surface area contributed by atoms with E-state index in [0.29, 0.717) is 11.4 Å². The lowest BCUT2D eigenvalue weighted by atomic mass is 10.4. The second-order valence-electron chi connectivity index (χ2n) is 4.13. The highest BCUT2D eigenvalue weighted by molar-refractivity contribution is 7.98. The minimum atomic E-state index is -3.19. The van der Waals surface area contributed by atoms with Crippen molar-refractivity contribution in [1.82, 2.24) is 9.97 Å². The van der Waals surface area contributed by atoms with Gasteiger partial charge in [-0.1, -0.05) is 0 Å². The molecular formula is C12H12N2O4S2. The van der Waals surface area contributed by atoms with Crippen molar-refractivity contribution < 1.29 is 8.42 Å². The van der Waals surface area contributed by atoms with E-state index in [9.17, 15) is 18.0 Å². The smallest absolute Gasteiger partial charge is 0.313 e. The van der Waals surface area contributed by atoms with Crippen LogP contribution in [0.15, 0.2) is 49.8 Å². The van der Waals surface area contributed by atoms with E-state index in [1.807, 2.05) is 0 Å². The van der Waals surface area contributed by atoms with E-state index in [1.165, 1.54) is 30.1 Å². The third-order valence-corrected chi connectivity index (χ3v) is 4.69. The summed E-state index contributed by atoms with van der Waals surface area (Å²) in [5.41, 5.74) is -0.779. The first kappa shape index (κ1) is 14.6. The highest BCUT2D eigenvalue weighted by Gasteiger charge is 2.06. The molecule has 0 spiro atoms. The molecule has 0 saturated heterocycles. The van der Waals surface area contributed by atoms with Crippen LogP contribution in [0.1, 0.15) is 5.69 Å². The van der Waals surface area contributed by atoms with Gasteiger partial charge in [0.15, 0.2) is 9.84 Å². The van der Waals surface area contributed by atoms with E-state index in [1.54, 1.807) is 12.1 Å². The Morgan fingerprint density at radius 3 is 2.30 bits per heavy atom. The molecule has 0 aliphatic heterocycles. The Balaban J connectivity index is 2.09. The molecule has 0 aliphatic rings. The minimum absolute atomic E-state index is 0.263. The van der Waals surface area contributed by atoms with Crippen LogP contribution in [0.2, 0.25) is 0 Å². The van der Waals surface area contributed by atoms with Crippen LogP contribution in [-0.4, -0.2) is 24.6 Å². The molecule has 0 radical (unpaired) electrons. The topological polar surface area (TPSA) is 99.9 Å². The summed E-state index contributed by atoms with van der Waals surface area (Å²) in [6.07, 6.45) is 2.60. The standard InChI is InChI=1S/C12H12N2O4S2/c1-20(17,18)10-4-2-9(3-5-10)19-7-8-6-13-11(15)12(16)14-8/h2-6H,7H2,1H3,(H,13,15)(H,14,16). The maximum Gasteiger partial charge on any atom is 0.313 e. The Labute approximate surface area is 119 Å². The second kappa shape index (κ2) is 5.68. The molecule has 0 fully saturated rings. The van der Waals surface area contributed by atoms with Gasteiger partial charge in [0, 0.05) is 28.8 Å². The largest absolute Gasteiger partial charge is 0.323 e. The van der Waals surface area contributed by atoms with E-state index < -0.39 is 21.0 Å². The number of thioether (sulfide) groups is 1. The van der Waals surface area contributed by atoms with E-state index in [2.05, 4.69) is 9.97 Å². The molecular weight excluding hydrogens is 300 g/mol. The Bertz CT molecular complexity index is 820. The average molecular weight is 312 g/mol. The van der Waals surface area contributed by atoms with E-state index >= 15 is 0 Å². The molecule has 0 aliphatic carbocycles. The summed E-state index contributed by atoms with van der Waals surface area (Å²) < 4.78 is 22.6. The van der Waals surface area contributed by atoms with Gasteiger partial charge in [0.1, 0.15) is 0 Å². The number of benzene rings is 1. The van der Waals surface area contributed by atoms with Crippen molar-refractivity contribution in [1.29, 1.82) is 0 Å². The SMILES string of the molecule is CS(=O)(=O)c1ccc(SCc2c[nH]c(=O)c(=O)[nH]2)cc1. The van der Waals surface area contributed by atoms with Gasteiger partial charge in [0.25, 0.3) is 0 Å². The molecule has 1 aromatic carbocycles. The third kappa shape index (κ3) is 3.61. The van der Waals surface area contributed by atoms with Gasteiger partial charge in [-0.3, -0.25) is 9.59 Å². The van der Waals surface area contributed by atoms with Crippen LogP contribution in [0, 0.1) is 0 Å². The molecule has 0 unspecified atom stereocenters. The maximum absolute atomic E-state index is 11.3. The molecule has 8 heteroatoms. The zero-order valence-corrected chi connectivity index (χ0v) is 12.2. The molecule has 0 amide bonds. The predicted molar refractivity (Wildman–Crippen MR) is 76.8 cm³/mol. The molecule has 6 nitrogen and oxygen atoms in total. The Morgan fingerprint density at radius 2 is 1.75 bits per heavy atom. The van der Waals surface area contributed by atoms with Gasteiger partial charge in [0.2, 0.25) is 0 Å². The number of hydrogen-bond acceptors (Lipinski definition) is 5. The summed E-state index contributed by atoms with van der Waals surface area (Å²) in [4.78, 5) is 28.0. The lowest BCUT2D eigenvalue weighted by Crippen LogP contribution is -2.29. The predicted octanol–water partition coefficient (Wildman–Crippen LogP) is 0.759. The van der Waals surface area contributed by atoms with Crippen molar-refractivity contribution in [2.24, 2.45) is 0 Å². The lowest BCUT2D eigenvalue weighted by molar-refractivity contribution is 0.602. The van der Waals surface area contributed by atoms with Crippen LogP contribution < -0.4 is 11.1 Å². The minimum Gasteiger partial charge on any atom is -0.323 e. The summed E-state index contributed by atoms with van der Waals surface area (Å²) in [7, 11) is -3.19. The zero-order valence-electron chi connectivity index (χ0n) is 10.5. The first-order valence-corrected chi connectivity index (χ1v) is 8.48. The fourth-order valence-corrected chi connectivity index (χ4v) is 2.92. The molecule has 0 bridgehead atoms. The van der Waals surface area contributed by atoms with Crippen molar-refractivity contribution in [3.05, 3.63) is 56.9 Å². The van der Waals surface area contributed by atoms with Gasteiger partial charge < -0.3 is 9.97 Å². The van der Waals surface area contributed by atoms with Crippen LogP contribution in [0.3, 0.4) is 0 Å². The molecule has 1 aromatic heterocycles. The van der Waals surface area contributed by atoms with Crippen LogP contribution in [0.4, 0.5) is 0 Å². The molecule has 1 heterocycles.